The number of rotatable bonds is 6. The van der Waals surface area contributed by atoms with Crippen molar-refractivity contribution >= 4 is 47.2 Å². The lowest BCUT2D eigenvalue weighted by Gasteiger charge is -2.34. The molecule has 0 saturated carbocycles. The molecule has 1 saturated heterocycles. The standard InChI is InChI=1S/C17H28ClN5O.HI/c1-22(2)14-6-9-23(10-7-14)11-8-20-17(19)21-13-4-5-16(24-3)15(18)12-13;/h4-5,12,14H,6-11H2,1-3H3,(H3,19,20,21);1H. The average molecular weight is 482 g/mol. The zero-order chi connectivity index (χ0) is 17.5. The smallest absolute Gasteiger partial charge is 0.193 e. The lowest BCUT2D eigenvalue weighted by molar-refractivity contribution is 0.148. The number of anilines is 1. The molecule has 3 N–H and O–H groups in total. The molecule has 1 aliphatic rings. The third-order valence-electron chi connectivity index (χ3n) is 4.41. The third-order valence-corrected chi connectivity index (χ3v) is 4.71. The van der Waals surface area contributed by atoms with Crippen LogP contribution in [0.15, 0.2) is 23.2 Å². The van der Waals surface area contributed by atoms with Gasteiger partial charge in [-0.25, -0.2) is 0 Å². The minimum absolute atomic E-state index is 0. The second-order valence-corrected chi connectivity index (χ2v) is 6.68. The molecule has 1 fully saturated rings. The van der Waals surface area contributed by atoms with Crippen LogP contribution < -0.4 is 15.8 Å². The van der Waals surface area contributed by atoms with Crippen molar-refractivity contribution in [2.45, 2.75) is 18.9 Å². The summed E-state index contributed by atoms with van der Waals surface area (Å²) in [5.74, 6) is 1.04. The molecule has 0 unspecified atom stereocenters. The van der Waals surface area contributed by atoms with Crippen LogP contribution in [0.5, 0.6) is 5.75 Å². The maximum atomic E-state index is 6.10. The largest absolute Gasteiger partial charge is 0.495 e. The first-order chi connectivity index (χ1) is 11.5. The van der Waals surface area contributed by atoms with Crippen LogP contribution in [0.2, 0.25) is 5.02 Å². The fourth-order valence-corrected chi connectivity index (χ4v) is 3.16. The highest BCUT2D eigenvalue weighted by Gasteiger charge is 2.19. The summed E-state index contributed by atoms with van der Waals surface area (Å²) in [6.07, 6.45) is 2.43. The molecule has 0 atom stereocenters. The van der Waals surface area contributed by atoms with E-state index in [1.54, 1.807) is 19.2 Å². The lowest BCUT2D eigenvalue weighted by atomic mass is 10.0. The Hall–Kier alpha value is -0.770. The topological polar surface area (TPSA) is 66.1 Å². The zero-order valence-electron chi connectivity index (χ0n) is 15.2. The summed E-state index contributed by atoms with van der Waals surface area (Å²) < 4.78 is 5.13. The molecule has 0 amide bonds. The van der Waals surface area contributed by atoms with Gasteiger partial charge in [0.05, 0.1) is 18.7 Å². The number of guanidine groups is 1. The molecule has 0 spiro atoms. The summed E-state index contributed by atoms with van der Waals surface area (Å²) in [7, 11) is 5.90. The number of nitrogens with two attached hydrogens (primary N) is 1. The van der Waals surface area contributed by atoms with Gasteiger partial charge in [-0.15, -0.1) is 24.0 Å². The minimum atomic E-state index is 0. The lowest BCUT2D eigenvalue weighted by Crippen LogP contribution is -2.42. The van der Waals surface area contributed by atoms with Gasteiger partial charge in [0.2, 0.25) is 0 Å². The van der Waals surface area contributed by atoms with Crippen LogP contribution in [-0.2, 0) is 0 Å². The Bertz CT molecular complexity index is 562. The van der Waals surface area contributed by atoms with Gasteiger partial charge in [-0.2, -0.15) is 0 Å². The van der Waals surface area contributed by atoms with Crippen LogP contribution in [0.4, 0.5) is 5.69 Å². The zero-order valence-corrected chi connectivity index (χ0v) is 18.3. The van der Waals surface area contributed by atoms with E-state index in [0.29, 0.717) is 29.3 Å². The number of hydrogen-bond donors (Lipinski definition) is 2. The van der Waals surface area contributed by atoms with Crippen LogP contribution in [0, 0.1) is 0 Å². The first-order valence-corrected chi connectivity index (χ1v) is 8.66. The highest BCUT2D eigenvalue weighted by Crippen LogP contribution is 2.27. The van der Waals surface area contributed by atoms with E-state index in [0.717, 1.165) is 25.3 Å². The predicted octanol–water partition coefficient (Wildman–Crippen LogP) is 2.72. The molecule has 1 aromatic rings. The normalized spacial score (nSPS) is 16.6. The molecule has 1 heterocycles. The number of methoxy groups -OCH3 is 1. The fourth-order valence-electron chi connectivity index (χ4n) is 2.90. The van der Waals surface area contributed by atoms with Crippen molar-refractivity contribution in [1.29, 1.82) is 0 Å². The van der Waals surface area contributed by atoms with Gasteiger partial charge < -0.3 is 25.6 Å². The first-order valence-electron chi connectivity index (χ1n) is 8.29. The highest BCUT2D eigenvalue weighted by atomic mass is 127. The van der Waals surface area contributed by atoms with E-state index in [-0.39, 0.29) is 24.0 Å². The molecule has 1 aliphatic heterocycles. The Labute approximate surface area is 172 Å². The fraction of sp³-hybridized carbons (Fsp3) is 0.588. The van der Waals surface area contributed by atoms with E-state index < -0.39 is 0 Å². The summed E-state index contributed by atoms with van der Waals surface area (Å²) in [4.78, 5) is 9.16. The summed E-state index contributed by atoms with van der Waals surface area (Å²) in [6, 6.07) is 6.14. The van der Waals surface area contributed by atoms with E-state index in [4.69, 9.17) is 22.1 Å². The average Bonchev–Trinajstić information content (AvgIpc) is 2.55. The number of nitrogens with zero attached hydrogens (tertiary/aromatic N) is 3. The second kappa shape index (κ2) is 11.1. The van der Waals surface area contributed by atoms with Crippen LogP contribution >= 0.6 is 35.6 Å². The van der Waals surface area contributed by atoms with Crippen LogP contribution in [0.3, 0.4) is 0 Å². The maximum absolute atomic E-state index is 6.10. The van der Waals surface area contributed by atoms with Crippen LogP contribution in [-0.4, -0.2) is 69.2 Å². The molecule has 6 nitrogen and oxygen atoms in total. The molecule has 0 aliphatic carbocycles. The molecule has 0 bridgehead atoms. The molecule has 0 radical (unpaired) electrons. The van der Waals surface area contributed by atoms with E-state index in [1.165, 1.54) is 12.8 Å². The number of piperidine rings is 1. The summed E-state index contributed by atoms with van der Waals surface area (Å²) >= 11 is 6.10. The van der Waals surface area contributed by atoms with Gasteiger partial charge >= 0.3 is 0 Å². The molecular formula is C17H29ClIN5O. The highest BCUT2D eigenvalue weighted by molar-refractivity contribution is 14.0. The summed E-state index contributed by atoms with van der Waals surface area (Å²) in [5, 5.41) is 3.60. The van der Waals surface area contributed by atoms with Gasteiger partial charge in [0.15, 0.2) is 5.96 Å². The summed E-state index contributed by atoms with van der Waals surface area (Å²) in [6.45, 7) is 3.88. The quantitative estimate of drug-likeness (QED) is 0.372. The SMILES string of the molecule is COc1ccc(NC(N)=NCCN2CCC(N(C)C)CC2)cc1Cl.I. The van der Waals surface area contributed by atoms with Crippen molar-refractivity contribution in [2.24, 2.45) is 10.7 Å². The molecule has 142 valence electrons. The van der Waals surface area contributed by atoms with Gasteiger partial charge in [-0.1, -0.05) is 11.6 Å². The second-order valence-electron chi connectivity index (χ2n) is 6.28. The third kappa shape index (κ3) is 7.16. The van der Waals surface area contributed by atoms with E-state index in [9.17, 15) is 0 Å². The number of benzene rings is 1. The molecule has 8 heteroatoms. The van der Waals surface area contributed by atoms with Gasteiger partial charge in [0.25, 0.3) is 0 Å². The first kappa shape index (κ1) is 22.3. The molecule has 2 rings (SSSR count). The Morgan fingerprint density at radius 3 is 2.64 bits per heavy atom. The number of halogens is 2. The van der Waals surface area contributed by atoms with Crippen molar-refractivity contribution < 1.29 is 4.74 Å². The number of ether oxygens (including phenoxy) is 1. The number of nitrogens with one attached hydrogen (secondary N) is 1. The van der Waals surface area contributed by atoms with Crippen molar-refractivity contribution in [3.8, 4) is 5.75 Å². The van der Waals surface area contributed by atoms with E-state index in [1.807, 2.05) is 6.07 Å². The predicted molar refractivity (Wildman–Crippen MR) is 117 cm³/mol. The van der Waals surface area contributed by atoms with E-state index in [2.05, 4.69) is 34.2 Å². The molecule has 1 aromatic carbocycles. The van der Waals surface area contributed by atoms with Crippen molar-refractivity contribution in [2.75, 3.05) is 52.7 Å². The van der Waals surface area contributed by atoms with E-state index >= 15 is 0 Å². The Balaban J connectivity index is 0.00000312. The Morgan fingerprint density at radius 2 is 2.08 bits per heavy atom. The summed E-state index contributed by atoms with van der Waals surface area (Å²) in [5.41, 5.74) is 6.74. The number of aliphatic imine (C=N–C) groups is 1. The van der Waals surface area contributed by atoms with Crippen molar-refractivity contribution in [3.05, 3.63) is 23.2 Å². The van der Waals surface area contributed by atoms with Crippen LogP contribution in [0.25, 0.3) is 0 Å². The van der Waals surface area contributed by atoms with Gasteiger partial charge in [0, 0.05) is 18.3 Å². The van der Waals surface area contributed by atoms with Gasteiger partial charge in [-0.05, 0) is 58.2 Å². The monoisotopic (exact) mass is 481 g/mol. The number of likely N-dealkylation sites (tertiary alicyclic amines) is 1. The number of hydrogen-bond acceptors (Lipinski definition) is 4. The van der Waals surface area contributed by atoms with Gasteiger partial charge in [0.1, 0.15) is 5.75 Å². The molecule has 25 heavy (non-hydrogen) atoms. The Kier molecular flexibility index (Phi) is 9.84. The van der Waals surface area contributed by atoms with Crippen molar-refractivity contribution in [1.82, 2.24) is 9.80 Å². The Morgan fingerprint density at radius 1 is 1.40 bits per heavy atom. The molecular weight excluding hydrogens is 453 g/mol. The van der Waals surface area contributed by atoms with Crippen LogP contribution in [0.1, 0.15) is 12.8 Å². The molecule has 0 aromatic heterocycles. The minimum Gasteiger partial charge on any atom is -0.495 e. The van der Waals surface area contributed by atoms with Crippen molar-refractivity contribution in [3.63, 3.8) is 0 Å². The maximum Gasteiger partial charge on any atom is 0.193 e. The van der Waals surface area contributed by atoms with Gasteiger partial charge in [-0.3, -0.25) is 4.99 Å².